The van der Waals surface area contributed by atoms with Crippen LogP contribution in [0.3, 0.4) is 0 Å². The summed E-state index contributed by atoms with van der Waals surface area (Å²) in [5, 5.41) is 0. The van der Waals surface area contributed by atoms with E-state index in [9.17, 15) is 0 Å². The molecule has 1 heterocycles. The molecule has 140 valence electrons. The van der Waals surface area contributed by atoms with E-state index < -0.39 is 0 Å². The van der Waals surface area contributed by atoms with Crippen molar-refractivity contribution in [1.82, 2.24) is 4.90 Å². The van der Waals surface area contributed by atoms with E-state index >= 15 is 0 Å². The van der Waals surface area contributed by atoms with E-state index in [0.29, 0.717) is 11.8 Å². The molecule has 0 N–H and O–H groups in total. The molecule has 3 heteroatoms. The van der Waals surface area contributed by atoms with Crippen LogP contribution in [0.5, 0.6) is 0 Å². The number of hydrogen-bond donors (Lipinski definition) is 0. The highest BCUT2D eigenvalue weighted by molar-refractivity contribution is 5.85. The molecule has 0 spiro atoms. The number of ether oxygens (including phenoxy) is 1. The van der Waals surface area contributed by atoms with E-state index in [1.165, 1.54) is 22.4 Å². The number of nitrogens with zero attached hydrogens (tertiary/aromatic N) is 2. The molecule has 3 nitrogen and oxygen atoms in total. The number of allylic oxidation sites excluding steroid dienone is 3. The molecule has 1 fully saturated rings. The SMILES string of the molecule is C=C(C1=C(N=C(C)C(C)CC)C=C(CN2CCOCC2)C1)C(C)CC. The number of hydrogen-bond acceptors (Lipinski definition) is 3. The molecule has 0 saturated carbocycles. The average molecular weight is 345 g/mol. The van der Waals surface area contributed by atoms with Gasteiger partial charge >= 0.3 is 0 Å². The summed E-state index contributed by atoms with van der Waals surface area (Å²) in [6.07, 6.45) is 5.59. The molecule has 1 aliphatic heterocycles. The maximum absolute atomic E-state index is 5.47. The van der Waals surface area contributed by atoms with Crippen LogP contribution in [-0.4, -0.2) is 43.5 Å². The third-order valence-electron chi connectivity index (χ3n) is 5.80. The molecule has 2 aliphatic rings. The van der Waals surface area contributed by atoms with E-state index in [1.54, 1.807) is 0 Å². The topological polar surface area (TPSA) is 24.8 Å². The van der Waals surface area contributed by atoms with Gasteiger partial charge in [-0.1, -0.05) is 34.3 Å². The molecule has 0 bridgehead atoms. The van der Waals surface area contributed by atoms with Crippen molar-refractivity contribution in [2.75, 3.05) is 32.8 Å². The van der Waals surface area contributed by atoms with Crippen molar-refractivity contribution in [3.63, 3.8) is 0 Å². The summed E-state index contributed by atoms with van der Waals surface area (Å²) in [4.78, 5) is 7.52. The zero-order chi connectivity index (χ0) is 18.4. The maximum atomic E-state index is 5.47. The second-order valence-electron chi connectivity index (χ2n) is 7.63. The van der Waals surface area contributed by atoms with Crippen molar-refractivity contribution in [1.29, 1.82) is 0 Å². The minimum Gasteiger partial charge on any atom is -0.379 e. The van der Waals surface area contributed by atoms with Gasteiger partial charge in [0.05, 0.1) is 18.9 Å². The fourth-order valence-electron chi connectivity index (χ4n) is 3.31. The fourth-order valence-corrected chi connectivity index (χ4v) is 3.31. The van der Waals surface area contributed by atoms with Gasteiger partial charge in [-0.25, -0.2) is 0 Å². The molecule has 1 aliphatic carbocycles. The van der Waals surface area contributed by atoms with Crippen LogP contribution in [0.15, 0.2) is 40.1 Å². The maximum Gasteiger partial charge on any atom is 0.0667 e. The number of morpholine rings is 1. The minimum absolute atomic E-state index is 0.514. The second kappa shape index (κ2) is 9.49. The molecular weight excluding hydrogens is 308 g/mol. The summed E-state index contributed by atoms with van der Waals surface area (Å²) in [6, 6.07) is 0. The van der Waals surface area contributed by atoms with Gasteiger partial charge in [-0.3, -0.25) is 9.89 Å². The standard InChI is InChI=1S/C22H36N2O/c1-7-16(3)18(5)21-13-20(15-24-9-11-25-12-10-24)14-22(21)23-19(6)17(4)8-2/h14,16-17H,5,7-13,15H2,1-4,6H3. The highest BCUT2D eigenvalue weighted by Crippen LogP contribution is 2.35. The van der Waals surface area contributed by atoms with Crippen LogP contribution in [-0.2, 0) is 4.74 Å². The Morgan fingerprint density at radius 2 is 1.84 bits per heavy atom. The van der Waals surface area contributed by atoms with Crippen molar-refractivity contribution < 1.29 is 4.74 Å². The third-order valence-corrected chi connectivity index (χ3v) is 5.80. The Hall–Kier alpha value is -1.19. The number of rotatable bonds is 8. The van der Waals surface area contributed by atoms with Crippen LogP contribution < -0.4 is 0 Å². The van der Waals surface area contributed by atoms with Gasteiger partial charge in [-0.2, -0.15) is 0 Å². The van der Waals surface area contributed by atoms with E-state index in [0.717, 1.165) is 57.8 Å². The first kappa shape index (κ1) is 20.1. The van der Waals surface area contributed by atoms with Gasteiger partial charge in [0.15, 0.2) is 0 Å². The van der Waals surface area contributed by atoms with Crippen molar-refractivity contribution in [3.8, 4) is 0 Å². The van der Waals surface area contributed by atoms with Crippen LogP contribution in [0.2, 0.25) is 0 Å². The van der Waals surface area contributed by atoms with Gasteiger partial charge in [-0.15, -0.1) is 0 Å². The molecule has 2 unspecified atom stereocenters. The van der Waals surface area contributed by atoms with Gasteiger partial charge < -0.3 is 4.74 Å². The first-order valence-electron chi connectivity index (χ1n) is 9.93. The Balaban J connectivity index is 2.20. The van der Waals surface area contributed by atoms with Crippen molar-refractivity contribution in [2.24, 2.45) is 16.8 Å². The van der Waals surface area contributed by atoms with Crippen LogP contribution in [0.4, 0.5) is 0 Å². The summed E-state index contributed by atoms with van der Waals surface area (Å²) in [5.41, 5.74) is 6.49. The first-order chi connectivity index (χ1) is 12.0. The lowest BCUT2D eigenvalue weighted by Gasteiger charge is -2.27. The summed E-state index contributed by atoms with van der Waals surface area (Å²) in [6.45, 7) is 20.4. The normalized spacial score (nSPS) is 22.1. The van der Waals surface area contributed by atoms with Crippen LogP contribution in [0.25, 0.3) is 0 Å². The van der Waals surface area contributed by atoms with Gasteiger partial charge in [0, 0.05) is 25.3 Å². The Kier molecular flexibility index (Phi) is 7.64. The Labute approximate surface area is 154 Å². The largest absolute Gasteiger partial charge is 0.379 e. The fraction of sp³-hybridized carbons (Fsp3) is 0.682. The zero-order valence-corrected chi connectivity index (χ0v) is 16.9. The number of aliphatic imine (C=N–C) groups is 1. The summed E-state index contributed by atoms with van der Waals surface area (Å²) >= 11 is 0. The van der Waals surface area contributed by atoms with Gasteiger partial charge in [0.25, 0.3) is 0 Å². The molecule has 0 amide bonds. The Morgan fingerprint density at radius 1 is 1.20 bits per heavy atom. The van der Waals surface area contributed by atoms with E-state index in [2.05, 4.69) is 52.2 Å². The molecule has 0 aromatic rings. The Morgan fingerprint density at radius 3 is 2.44 bits per heavy atom. The predicted molar refractivity (Wildman–Crippen MR) is 108 cm³/mol. The van der Waals surface area contributed by atoms with E-state index in [-0.39, 0.29) is 0 Å². The quantitative estimate of drug-likeness (QED) is 0.578. The van der Waals surface area contributed by atoms with E-state index in [4.69, 9.17) is 9.73 Å². The lowest BCUT2D eigenvalue weighted by molar-refractivity contribution is 0.0421. The average Bonchev–Trinajstić information content (AvgIpc) is 3.02. The summed E-state index contributed by atoms with van der Waals surface area (Å²) in [5.74, 6) is 1.04. The monoisotopic (exact) mass is 344 g/mol. The molecule has 2 rings (SSSR count). The summed E-state index contributed by atoms with van der Waals surface area (Å²) < 4.78 is 5.47. The zero-order valence-electron chi connectivity index (χ0n) is 16.9. The Bertz CT molecular complexity index is 565. The van der Waals surface area contributed by atoms with Gasteiger partial charge in [-0.05, 0) is 60.8 Å². The van der Waals surface area contributed by atoms with Crippen LogP contribution in [0.1, 0.15) is 53.9 Å². The highest BCUT2D eigenvalue weighted by atomic mass is 16.5. The first-order valence-corrected chi connectivity index (χ1v) is 9.93. The smallest absolute Gasteiger partial charge is 0.0667 e. The minimum atomic E-state index is 0.514. The highest BCUT2D eigenvalue weighted by Gasteiger charge is 2.23. The lowest BCUT2D eigenvalue weighted by atomic mass is 9.91. The predicted octanol–water partition coefficient (Wildman–Crippen LogP) is 5.01. The lowest BCUT2D eigenvalue weighted by Crippen LogP contribution is -2.37. The molecule has 0 radical (unpaired) electrons. The van der Waals surface area contributed by atoms with Crippen molar-refractivity contribution in [3.05, 3.63) is 35.1 Å². The third kappa shape index (κ3) is 5.39. The van der Waals surface area contributed by atoms with E-state index in [1.807, 2.05) is 0 Å². The van der Waals surface area contributed by atoms with Gasteiger partial charge in [0.2, 0.25) is 0 Å². The second-order valence-corrected chi connectivity index (χ2v) is 7.63. The van der Waals surface area contributed by atoms with Crippen molar-refractivity contribution in [2.45, 2.75) is 53.9 Å². The summed E-state index contributed by atoms with van der Waals surface area (Å²) in [7, 11) is 0. The molecule has 2 atom stereocenters. The molecule has 25 heavy (non-hydrogen) atoms. The van der Waals surface area contributed by atoms with Crippen LogP contribution in [0, 0.1) is 11.8 Å². The van der Waals surface area contributed by atoms with Crippen LogP contribution >= 0.6 is 0 Å². The molecule has 0 aromatic carbocycles. The molecule has 0 aromatic heterocycles. The van der Waals surface area contributed by atoms with Crippen molar-refractivity contribution >= 4 is 5.71 Å². The molecular formula is C22H36N2O. The van der Waals surface area contributed by atoms with Gasteiger partial charge in [0.1, 0.15) is 0 Å². The molecule has 1 saturated heterocycles.